The van der Waals surface area contributed by atoms with Crippen molar-refractivity contribution in [3.8, 4) is 0 Å². The lowest BCUT2D eigenvalue weighted by Crippen LogP contribution is -2.14. The Balaban J connectivity index is 2.39. The van der Waals surface area contributed by atoms with E-state index in [1.54, 1.807) is 19.1 Å². The lowest BCUT2D eigenvalue weighted by atomic mass is 10.0. The van der Waals surface area contributed by atoms with Gasteiger partial charge in [-0.2, -0.15) is 0 Å². The van der Waals surface area contributed by atoms with Crippen LogP contribution in [-0.2, 0) is 10.0 Å². The topological polar surface area (TPSA) is 46.2 Å². The van der Waals surface area contributed by atoms with Crippen LogP contribution in [0.5, 0.6) is 0 Å². The molecule has 2 rings (SSSR count). The highest BCUT2D eigenvalue weighted by atomic mass is 32.2. The van der Waals surface area contributed by atoms with Crippen molar-refractivity contribution in [3.05, 3.63) is 59.4 Å². The van der Waals surface area contributed by atoms with Gasteiger partial charge in [-0.25, -0.2) is 12.8 Å². The molecule has 0 aliphatic heterocycles. The van der Waals surface area contributed by atoms with Gasteiger partial charge in [0, 0.05) is 5.69 Å². The van der Waals surface area contributed by atoms with Crippen molar-refractivity contribution >= 4 is 15.7 Å². The molecule has 0 aliphatic rings. The first-order valence-corrected chi connectivity index (χ1v) is 8.17. The van der Waals surface area contributed by atoms with Crippen molar-refractivity contribution < 1.29 is 12.8 Å². The fraction of sp³-hybridized carbons (Fsp3) is 0.250. The summed E-state index contributed by atoms with van der Waals surface area (Å²) < 4.78 is 40.3. The van der Waals surface area contributed by atoms with Crippen LogP contribution in [0.4, 0.5) is 10.1 Å². The number of hydrogen-bond donors (Lipinski definition) is 1. The summed E-state index contributed by atoms with van der Waals surface area (Å²) in [4.78, 5) is 0.248. The quantitative estimate of drug-likeness (QED) is 0.926. The van der Waals surface area contributed by atoms with Crippen LogP contribution in [0.3, 0.4) is 0 Å². The molecule has 0 atom stereocenters. The molecule has 0 unspecified atom stereocenters. The van der Waals surface area contributed by atoms with Crippen LogP contribution in [0.15, 0.2) is 47.4 Å². The minimum absolute atomic E-state index is 0.241. The summed E-state index contributed by atoms with van der Waals surface area (Å²) in [7, 11) is -3.69. The molecule has 0 radical (unpaired) electrons. The Bertz CT molecular complexity index is 737. The normalized spacial score (nSPS) is 11.7. The van der Waals surface area contributed by atoms with E-state index in [1.165, 1.54) is 24.3 Å². The molecule has 1 N–H and O–H groups in total. The zero-order valence-electron chi connectivity index (χ0n) is 12.2. The largest absolute Gasteiger partial charge is 0.280 e. The van der Waals surface area contributed by atoms with E-state index in [4.69, 9.17) is 0 Å². The molecule has 0 saturated carbocycles. The zero-order chi connectivity index (χ0) is 15.6. The number of nitrogens with one attached hydrogen (secondary N) is 1. The van der Waals surface area contributed by atoms with Gasteiger partial charge in [0.15, 0.2) is 0 Å². The first-order valence-electron chi connectivity index (χ1n) is 6.68. The number of anilines is 1. The van der Waals surface area contributed by atoms with E-state index in [-0.39, 0.29) is 10.8 Å². The van der Waals surface area contributed by atoms with Crippen molar-refractivity contribution in [3.63, 3.8) is 0 Å². The number of rotatable bonds is 4. The van der Waals surface area contributed by atoms with Gasteiger partial charge >= 0.3 is 0 Å². The Hall–Kier alpha value is -1.88. The van der Waals surface area contributed by atoms with Gasteiger partial charge in [-0.15, -0.1) is 0 Å². The van der Waals surface area contributed by atoms with Gasteiger partial charge in [-0.05, 0) is 54.3 Å². The second kappa shape index (κ2) is 5.85. The Labute approximate surface area is 124 Å². The number of aryl methyl sites for hydroxylation is 1. The fourth-order valence-electron chi connectivity index (χ4n) is 1.99. The third kappa shape index (κ3) is 3.61. The minimum Gasteiger partial charge on any atom is -0.280 e. The predicted octanol–water partition coefficient (Wildman–Crippen LogP) is 4.06. The van der Waals surface area contributed by atoms with Crippen molar-refractivity contribution in [1.82, 2.24) is 0 Å². The number of halogens is 1. The Morgan fingerprint density at radius 1 is 1.05 bits per heavy atom. The lowest BCUT2D eigenvalue weighted by molar-refractivity contribution is 0.600. The van der Waals surface area contributed by atoms with Crippen LogP contribution in [0.2, 0.25) is 0 Å². The van der Waals surface area contributed by atoms with E-state index in [0.29, 0.717) is 11.3 Å². The van der Waals surface area contributed by atoms with Crippen LogP contribution in [0.25, 0.3) is 0 Å². The molecule has 5 heteroatoms. The second-order valence-electron chi connectivity index (χ2n) is 5.29. The van der Waals surface area contributed by atoms with Crippen molar-refractivity contribution in [2.75, 3.05) is 4.72 Å². The van der Waals surface area contributed by atoms with Gasteiger partial charge in [0.05, 0.1) is 4.90 Å². The van der Waals surface area contributed by atoms with Gasteiger partial charge in [-0.1, -0.05) is 26.0 Å². The first kappa shape index (κ1) is 15.5. The Morgan fingerprint density at radius 3 is 2.24 bits per heavy atom. The highest BCUT2D eigenvalue weighted by Crippen LogP contribution is 2.24. The zero-order valence-corrected chi connectivity index (χ0v) is 13.0. The van der Waals surface area contributed by atoms with E-state index >= 15 is 0 Å². The summed E-state index contributed by atoms with van der Waals surface area (Å²) in [6.07, 6.45) is 0. The predicted molar refractivity (Wildman–Crippen MR) is 82.5 cm³/mol. The summed E-state index contributed by atoms with van der Waals surface area (Å²) in [5, 5.41) is 0. The van der Waals surface area contributed by atoms with Crippen LogP contribution < -0.4 is 4.72 Å². The molecular weight excluding hydrogens is 289 g/mol. The minimum atomic E-state index is -3.69. The summed E-state index contributed by atoms with van der Waals surface area (Å²) in [5.41, 5.74) is 1.97. The standard InChI is InChI=1S/C16H18FNO2S/c1-11(2)13-5-4-12(3)16(10-13)21(19,20)18-15-8-6-14(17)7-9-15/h4-11,18H,1-3H3. The molecule has 3 nitrogen and oxygen atoms in total. The third-order valence-electron chi connectivity index (χ3n) is 3.26. The van der Waals surface area contributed by atoms with Crippen molar-refractivity contribution in [2.45, 2.75) is 31.6 Å². The van der Waals surface area contributed by atoms with E-state index in [0.717, 1.165) is 5.56 Å². The molecule has 112 valence electrons. The highest BCUT2D eigenvalue weighted by molar-refractivity contribution is 7.92. The van der Waals surface area contributed by atoms with Gasteiger partial charge in [0.1, 0.15) is 5.82 Å². The van der Waals surface area contributed by atoms with E-state index in [9.17, 15) is 12.8 Å². The van der Waals surface area contributed by atoms with Crippen molar-refractivity contribution in [2.24, 2.45) is 0 Å². The summed E-state index contributed by atoms with van der Waals surface area (Å²) >= 11 is 0. The maximum absolute atomic E-state index is 12.9. The van der Waals surface area contributed by atoms with Gasteiger partial charge in [-0.3, -0.25) is 4.72 Å². The summed E-state index contributed by atoms with van der Waals surface area (Å²) in [6, 6.07) is 10.6. The smallest absolute Gasteiger partial charge is 0.262 e. The van der Waals surface area contributed by atoms with Crippen LogP contribution in [0.1, 0.15) is 30.9 Å². The monoisotopic (exact) mass is 307 g/mol. The molecule has 2 aromatic carbocycles. The van der Waals surface area contributed by atoms with Gasteiger partial charge in [0.25, 0.3) is 10.0 Å². The molecule has 0 spiro atoms. The molecule has 2 aromatic rings. The van der Waals surface area contributed by atoms with Crippen LogP contribution in [-0.4, -0.2) is 8.42 Å². The van der Waals surface area contributed by atoms with E-state index in [1.807, 2.05) is 19.9 Å². The lowest BCUT2D eigenvalue weighted by Gasteiger charge is -2.13. The van der Waals surface area contributed by atoms with Crippen LogP contribution >= 0.6 is 0 Å². The molecule has 0 bridgehead atoms. The fourth-order valence-corrected chi connectivity index (χ4v) is 3.33. The number of hydrogen-bond acceptors (Lipinski definition) is 2. The third-order valence-corrected chi connectivity index (χ3v) is 4.79. The number of sulfonamides is 1. The van der Waals surface area contributed by atoms with E-state index in [2.05, 4.69) is 4.72 Å². The Morgan fingerprint density at radius 2 is 1.67 bits per heavy atom. The molecule has 0 fully saturated rings. The van der Waals surface area contributed by atoms with Crippen molar-refractivity contribution in [1.29, 1.82) is 0 Å². The van der Waals surface area contributed by atoms with Gasteiger partial charge in [0.2, 0.25) is 0 Å². The molecule has 21 heavy (non-hydrogen) atoms. The Kier molecular flexibility index (Phi) is 4.32. The molecule has 0 aromatic heterocycles. The molecule has 0 amide bonds. The first-order chi connectivity index (χ1) is 9.79. The average molecular weight is 307 g/mol. The van der Waals surface area contributed by atoms with Gasteiger partial charge < -0.3 is 0 Å². The highest BCUT2D eigenvalue weighted by Gasteiger charge is 2.18. The summed E-state index contributed by atoms with van der Waals surface area (Å²) in [5.74, 6) is -0.165. The molecular formula is C16H18FNO2S. The molecule has 0 heterocycles. The molecule has 0 aliphatic carbocycles. The maximum atomic E-state index is 12.9. The second-order valence-corrected chi connectivity index (χ2v) is 6.94. The van der Waals surface area contributed by atoms with Crippen LogP contribution in [0, 0.1) is 12.7 Å². The SMILES string of the molecule is Cc1ccc(C(C)C)cc1S(=O)(=O)Nc1ccc(F)cc1. The van der Waals surface area contributed by atoms with E-state index < -0.39 is 15.8 Å². The summed E-state index contributed by atoms with van der Waals surface area (Å²) in [6.45, 7) is 5.77. The number of benzene rings is 2. The average Bonchev–Trinajstić information content (AvgIpc) is 2.41. The molecule has 0 saturated heterocycles. The maximum Gasteiger partial charge on any atom is 0.262 e.